The van der Waals surface area contributed by atoms with Crippen LogP contribution in [0.1, 0.15) is 40.5 Å². The summed E-state index contributed by atoms with van der Waals surface area (Å²) in [4.78, 5) is 11.2. The van der Waals surface area contributed by atoms with E-state index in [9.17, 15) is 9.46 Å². The number of hydrogen-bond donors (Lipinski definition) is 0. The van der Waals surface area contributed by atoms with Gasteiger partial charge in [0.15, 0.2) is 0 Å². The summed E-state index contributed by atoms with van der Waals surface area (Å²) in [6, 6.07) is 0. The summed E-state index contributed by atoms with van der Waals surface area (Å²) >= 11 is 0. The minimum atomic E-state index is -4.09. The van der Waals surface area contributed by atoms with Gasteiger partial charge in [0.2, 0.25) is 0 Å². The zero-order valence-corrected chi connectivity index (χ0v) is 12.5. The Labute approximate surface area is 108 Å². The Kier molecular flexibility index (Phi) is 10.4. The Morgan fingerprint density at radius 3 is 1.64 bits per heavy atom. The SMILES string of the molecule is CCC(C)OP(=O)([O-])OC(C)CC.[Na+]. The summed E-state index contributed by atoms with van der Waals surface area (Å²) in [5, 5.41) is 0. The maximum atomic E-state index is 11.2. The van der Waals surface area contributed by atoms with Crippen LogP contribution in [0.15, 0.2) is 0 Å². The zero-order chi connectivity index (χ0) is 10.5. The molecule has 80 valence electrons. The summed E-state index contributed by atoms with van der Waals surface area (Å²) in [5.74, 6) is 0. The second-order valence-corrected chi connectivity index (χ2v) is 4.41. The van der Waals surface area contributed by atoms with E-state index in [1.807, 2.05) is 13.8 Å². The molecule has 0 radical (unpaired) electrons. The third-order valence-electron chi connectivity index (χ3n) is 1.77. The van der Waals surface area contributed by atoms with Gasteiger partial charge in [0.05, 0.1) is 12.2 Å². The van der Waals surface area contributed by atoms with E-state index >= 15 is 0 Å². The Balaban J connectivity index is 0. The first kappa shape index (κ1) is 17.5. The molecule has 2 unspecified atom stereocenters. The van der Waals surface area contributed by atoms with Gasteiger partial charge in [-0.2, -0.15) is 0 Å². The van der Waals surface area contributed by atoms with Gasteiger partial charge < -0.3 is 13.9 Å². The molecule has 0 amide bonds. The quantitative estimate of drug-likeness (QED) is 0.439. The second-order valence-electron chi connectivity index (χ2n) is 3.10. The molecule has 0 rings (SSSR count). The molecule has 0 saturated carbocycles. The van der Waals surface area contributed by atoms with Crippen molar-refractivity contribution in [3.8, 4) is 0 Å². The molecule has 6 heteroatoms. The summed E-state index contributed by atoms with van der Waals surface area (Å²) < 4.78 is 20.6. The first-order chi connectivity index (χ1) is 5.91. The molecule has 0 aromatic rings. The fourth-order valence-electron chi connectivity index (χ4n) is 0.615. The molecule has 2 atom stereocenters. The predicted molar refractivity (Wildman–Crippen MR) is 49.3 cm³/mol. The van der Waals surface area contributed by atoms with Gasteiger partial charge in [-0.05, 0) is 26.7 Å². The molecular formula is C8H18NaO4P. The first-order valence-corrected chi connectivity index (χ1v) is 6.05. The van der Waals surface area contributed by atoms with Crippen molar-refractivity contribution in [2.45, 2.75) is 52.7 Å². The zero-order valence-electron chi connectivity index (χ0n) is 9.65. The van der Waals surface area contributed by atoms with Crippen molar-refractivity contribution in [3.63, 3.8) is 0 Å². The topological polar surface area (TPSA) is 58.6 Å². The van der Waals surface area contributed by atoms with Gasteiger partial charge in [0.25, 0.3) is 7.82 Å². The molecule has 0 aliphatic rings. The van der Waals surface area contributed by atoms with Crippen molar-refractivity contribution >= 4 is 7.82 Å². The van der Waals surface area contributed by atoms with E-state index in [2.05, 4.69) is 0 Å². The third kappa shape index (κ3) is 8.42. The summed E-state index contributed by atoms with van der Waals surface area (Å²) in [6.45, 7) is 7.11. The number of phosphoric ester groups is 1. The minimum Gasteiger partial charge on any atom is -0.756 e. The van der Waals surface area contributed by atoms with E-state index < -0.39 is 7.82 Å². The largest absolute Gasteiger partial charge is 1.00 e. The van der Waals surface area contributed by atoms with Crippen molar-refractivity contribution in [3.05, 3.63) is 0 Å². The second kappa shape index (κ2) is 8.28. The molecule has 14 heavy (non-hydrogen) atoms. The van der Waals surface area contributed by atoms with Crippen LogP contribution >= 0.6 is 7.82 Å². The summed E-state index contributed by atoms with van der Waals surface area (Å²) in [7, 11) is -4.09. The average molecular weight is 232 g/mol. The molecule has 0 aliphatic heterocycles. The maximum absolute atomic E-state index is 11.2. The van der Waals surface area contributed by atoms with Gasteiger partial charge in [0, 0.05) is 0 Å². The molecule has 0 bridgehead atoms. The van der Waals surface area contributed by atoms with Crippen LogP contribution < -0.4 is 34.5 Å². The van der Waals surface area contributed by atoms with Gasteiger partial charge in [-0.3, -0.25) is 4.57 Å². The molecule has 0 heterocycles. The molecule has 0 spiro atoms. The molecule has 0 saturated heterocycles. The summed E-state index contributed by atoms with van der Waals surface area (Å²) in [5.41, 5.74) is 0. The van der Waals surface area contributed by atoms with Crippen molar-refractivity contribution in [2.75, 3.05) is 0 Å². The van der Waals surface area contributed by atoms with Crippen molar-refractivity contribution < 1.29 is 48.1 Å². The van der Waals surface area contributed by atoms with E-state index in [1.165, 1.54) is 0 Å². The summed E-state index contributed by atoms with van der Waals surface area (Å²) in [6.07, 6.45) is 0.673. The Morgan fingerprint density at radius 1 is 1.14 bits per heavy atom. The van der Waals surface area contributed by atoms with Crippen LogP contribution in [0, 0.1) is 0 Å². The van der Waals surface area contributed by atoms with Crippen molar-refractivity contribution in [1.82, 2.24) is 0 Å². The van der Waals surface area contributed by atoms with Crippen LogP contribution in [0.3, 0.4) is 0 Å². The molecule has 0 aliphatic carbocycles. The van der Waals surface area contributed by atoms with Crippen LogP contribution in [0.2, 0.25) is 0 Å². The van der Waals surface area contributed by atoms with Gasteiger partial charge in [0.1, 0.15) is 0 Å². The standard InChI is InChI=1S/C8H19O4P.Na/c1-5-7(3)11-13(9,10)12-8(4)6-2;/h7-8H,5-6H2,1-4H3,(H,9,10);/q;+1/p-1. The minimum absolute atomic E-state index is 0. The molecule has 0 N–H and O–H groups in total. The Hall–Kier alpha value is 1.11. The molecule has 0 fully saturated rings. The van der Waals surface area contributed by atoms with E-state index in [0.29, 0.717) is 12.8 Å². The normalized spacial score (nSPS) is 19.2. The van der Waals surface area contributed by atoms with Crippen molar-refractivity contribution in [2.24, 2.45) is 0 Å². The molecule has 0 aromatic heterocycles. The van der Waals surface area contributed by atoms with Crippen molar-refractivity contribution in [1.29, 1.82) is 0 Å². The van der Waals surface area contributed by atoms with Gasteiger partial charge in [-0.1, -0.05) is 13.8 Å². The van der Waals surface area contributed by atoms with E-state index in [1.54, 1.807) is 13.8 Å². The van der Waals surface area contributed by atoms with Crippen LogP contribution in [0.5, 0.6) is 0 Å². The Bertz CT molecular complexity index is 172. The van der Waals surface area contributed by atoms with Crippen LogP contribution in [-0.2, 0) is 13.6 Å². The monoisotopic (exact) mass is 232 g/mol. The van der Waals surface area contributed by atoms with Gasteiger partial charge >= 0.3 is 29.6 Å². The van der Waals surface area contributed by atoms with Crippen LogP contribution in [-0.4, -0.2) is 12.2 Å². The fourth-order valence-corrected chi connectivity index (χ4v) is 1.84. The van der Waals surface area contributed by atoms with E-state index in [4.69, 9.17) is 9.05 Å². The predicted octanol–water partition coefficient (Wildman–Crippen LogP) is -0.911. The van der Waals surface area contributed by atoms with E-state index in [0.717, 1.165) is 0 Å². The van der Waals surface area contributed by atoms with Gasteiger partial charge in [-0.15, -0.1) is 0 Å². The Morgan fingerprint density at radius 2 is 1.43 bits per heavy atom. The van der Waals surface area contributed by atoms with E-state index in [-0.39, 0.29) is 41.8 Å². The van der Waals surface area contributed by atoms with Gasteiger partial charge in [-0.25, -0.2) is 0 Å². The third-order valence-corrected chi connectivity index (χ3v) is 3.00. The van der Waals surface area contributed by atoms with Crippen LogP contribution in [0.25, 0.3) is 0 Å². The van der Waals surface area contributed by atoms with Crippen LogP contribution in [0.4, 0.5) is 0 Å². The maximum Gasteiger partial charge on any atom is 1.00 e. The molecule has 4 nitrogen and oxygen atoms in total. The average Bonchev–Trinajstić information content (AvgIpc) is 2.02. The molecular weight excluding hydrogens is 214 g/mol. The number of hydrogen-bond acceptors (Lipinski definition) is 4. The fraction of sp³-hybridized carbons (Fsp3) is 1.00. The smallest absolute Gasteiger partial charge is 0.756 e. The first-order valence-electron chi connectivity index (χ1n) is 4.59. The number of rotatable bonds is 6. The molecule has 0 aromatic carbocycles. The number of phosphoric acid groups is 1.